The van der Waals surface area contributed by atoms with Gasteiger partial charge >= 0.3 is 0 Å². The molecular weight excluding hydrogens is 854 g/mol. The van der Waals surface area contributed by atoms with Crippen LogP contribution in [-0.2, 0) is 19.1 Å². The monoisotopic (exact) mass is 922 g/mol. The van der Waals surface area contributed by atoms with Gasteiger partial charge in [-0.3, -0.25) is 19.2 Å². The number of piperidine rings is 2. The lowest BCUT2D eigenvalue weighted by Gasteiger charge is -2.39. The number of rotatable bonds is 19. The lowest BCUT2D eigenvalue weighted by atomic mass is 9.83. The normalized spacial score (nSPS) is 20.3. The number of ether oxygens (including phenoxy) is 1. The first-order valence-electron chi connectivity index (χ1n) is 24.4. The molecule has 3 atom stereocenters. The van der Waals surface area contributed by atoms with E-state index >= 15 is 0 Å². The van der Waals surface area contributed by atoms with Crippen molar-refractivity contribution in [3.05, 3.63) is 88.8 Å². The summed E-state index contributed by atoms with van der Waals surface area (Å²) in [6, 6.07) is 16.3. The first kappa shape index (κ1) is 47.4. The number of aromatic amines is 1. The summed E-state index contributed by atoms with van der Waals surface area (Å²) in [5.41, 5.74) is 8.93. The molecule has 4 amide bonds. The maximum absolute atomic E-state index is 13.8. The van der Waals surface area contributed by atoms with Gasteiger partial charge in [-0.1, -0.05) is 62.1 Å². The fourth-order valence-corrected chi connectivity index (χ4v) is 10.3. The topological polar surface area (TPSA) is 188 Å². The van der Waals surface area contributed by atoms with Crippen molar-refractivity contribution >= 4 is 52.1 Å². The third-order valence-electron chi connectivity index (χ3n) is 14.7. The Morgan fingerprint density at radius 1 is 0.894 bits per heavy atom. The van der Waals surface area contributed by atoms with Crippen LogP contribution in [0.4, 0.5) is 5.82 Å². The minimum Gasteiger partial charge on any atom is -0.381 e. The Balaban J connectivity index is 0.769. The van der Waals surface area contributed by atoms with E-state index in [1.165, 1.54) is 0 Å². The van der Waals surface area contributed by atoms with E-state index in [4.69, 9.17) is 22.1 Å². The standard InChI is InChI=1S/C51H68ClN9O5/c1-50(21-22-50)49(65)61-27-9-14-39(33-61)37-12-8-13-38(32-37)46(62)59-43(36-10-4-2-5-11-36)47(63)55-25-6-3-7-30-66-31-20-42(35-15-17-40(52)18-16-35)58-48(64)51(53)23-28-60(29-24-51)45-41-19-26-54-44(41)56-34-57-45/h8,12-13,15-19,26,32,34,36,39,42-43H,2-7,9-11,14,20-25,27-31,33,53H2,1H3,(H,55,63)(H,58,64)(H,59,62)(H,54,56,57). The van der Waals surface area contributed by atoms with Crippen LogP contribution in [0.1, 0.15) is 137 Å². The molecule has 0 spiro atoms. The van der Waals surface area contributed by atoms with Crippen molar-refractivity contribution < 1.29 is 23.9 Å². The molecule has 14 nitrogen and oxygen atoms in total. The molecule has 3 unspecified atom stereocenters. The number of amides is 4. The predicted octanol–water partition coefficient (Wildman–Crippen LogP) is 7.34. The smallest absolute Gasteiger partial charge is 0.251 e. The van der Waals surface area contributed by atoms with E-state index in [9.17, 15) is 19.2 Å². The fourth-order valence-electron chi connectivity index (χ4n) is 10.1. The van der Waals surface area contributed by atoms with E-state index in [1.807, 2.05) is 59.6 Å². The Hall–Kier alpha value is -5.05. The molecule has 15 heteroatoms. The van der Waals surface area contributed by atoms with Gasteiger partial charge in [-0.25, -0.2) is 9.97 Å². The van der Waals surface area contributed by atoms with Crippen molar-refractivity contribution in [1.29, 1.82) is 0 Å². The maximum Gasteiger partial charge on any atom is 0.251 e. The molecule has 0 radical (unpaired) electrons. The van der Waals surface area contributed by atoms with Gasteiger partial charge in [0, 0.05) is 74.1 Å². The molecule has 4 fully saturated rings. The predicted molar refractivity (Wildman–Crippen MR) is 257 cm³/mol. The summed E-state index contributed by atoms with van der Waals surface area (Å²) in [4.78, 5) is 70.6. The Labute approximate surface area is 393 Å². The Morgan fingerprint density at radius 3 is 2.45 bits per heavy atom. The second-order valence-corrected chi connectivity index (χ2v) is 20.0. The minimum atomic E-state index is -1.02. The number of nitrogens with zero attached hydrogens (tertiary/aromatic N) is 4. The highest BCUT2D eigenvalue weighted by molar-refractivity contribution is 6.30. The van der Waals surface area contributed by atoms with Crippen molar-refractivity contribution in [1.82, 2.24) is 35.8 Å². The fraction of sp³-hybridized carbons (Fsp3) is 0.569. The lowest BCUT2D eigenvalue weighted by Crippen LogP contribution is -2.60. The van der Waals surface area contributed by atoms with E-state index in [2.05, 4.69) is 48.8 Å². The molecule has 4 heterocycles. The number of hydrogen-bond acceptors (Lipinski definition) is 9. The van der Waals surface area contributed by atoms with Gasteiger partial charge in [0.2, 0.25) is 17.7 Å². The zero-order valence-corrected chi connectivity index (χ0v) is 39.3. The summed E-state index contributed by atoms with van der Waals surface area (Å²) in [7, 11) is 0. The second-order valence-electron chi connectivity index (χ2n) is 19.5. The number of H-pyrrole nitrogens is 1. The number of aromatic nitrogens is 3. The number of benzene rings is 2. The average molecular weight is 923 g/mol. The third kappa shape index (κ3) is 11.7. The summed E-state index contributed by atoms with van der Waals surface area (Å²) < 4.78 is 6.08. The summed E-state index contributed by atoms with van der Waals surface area (Å²) >= 11 is 6.22. The van der Waals surface area contributed by atoms with Crippen LogP contribution >= 0.6 is 11.6 Å². The molecule has 4 aromatic rings. The van der Waals surface area contributed by atoms with Crippen molar-refractivity contribution in [2.75, 3.05) is 50.8 Å². The molecule has 2 aliphatic heterocycles. The molecule has 2 aliphatic carbocycles. The summed E-state index contributed by atoms with van der Waals surface area (Å²) in [5, 5.41) is 11.1. The summed E-state index contributed by atoms with van der Waals surface area (Å²) in [6.45, 7) is 6.26. The van der Waals surface area contributed by atoms with E-state index in [1.54, 1.807) is 6.33 Å². The molecule has 2 aromatic carbocycles. The molecule has 0 bridgehead atoms. The SMILES string of the molecule is CC1(C(=O)N2CCCC(c3cccc(C(=O)NC(C(=O)NCCCCCOCCC(NC(=O)C4(N)CCN(c5ncnc6[nH]ccc56)CC4)c4ccc(Cl)cc4)C4CCCCC4)c3)C2)CC1. The van der Waals surface area contributed by atoms with Crippen LogP contribution in [-0.4, -0.2) is 101 Å². The number of halogens is 1. The largest absolute Gasteiger partial charge is 0.381 e. The number of anilines is 1. The molecule has 354 valence electrons. The van der Waals surface area contributed by atoms with E-state index in [0.717, 1.165) is 112 Å². The third-order valence-corrected chi connectivity index (χ3v) is 14.9. The van der Waals surface area contributed by atoms with Gasteiger partial charge in [0.05, 0.1) is 17.0 Å². The van der Waals surface area contributed by atoms with Gasteiger partial charge in [0.1, 0.15) is 23.8 Å². The van der Waals surface area contributed by atoms with Gasteiger partial charge in [-0.05, 0) is 124 Å². The van der Waals surface area contributed by atoms with Crippen LogP contribution in [0.5, 0.6) is 0 Å². The highest BCUT2D eigenvalue weighted by Gasteiger charge is 2.48. The van der Waals surface area contributed by atoms with E-state index in [0.29, 0.717) is 69.2 Å². The zero-order valence-electron chi connectivity index (χ0n) is 38.5. The number of nitrogens with one attached hydrogen (secondary N) is 4. The number of fused-ring (bicyclic) bond motifs is 1. The molecule has 4 aliphatic rings. The summed E-state index contributed by atoms with van der Waals surface area (Å²) in [5.74, 6) is 0.854. The molecule has 2 aromatic heterocycles. The molecule has 66 heavy (non-hydrogen) atoms. The number of carbonyl (C=O) groups excluding carboxylic acids is 4. The number of nitrogens with two attached hydrogens (primary N) is 1. The van der Waals surface area contributed by atoms with Crippen LogP contribution in [0.3, 0.4) is 0 Å². The van der Waals surface area contributed by atoms with Gasteiger partial charge in [-0.15, -0.1) is 0 Å². The van der Waals surface area contributed by atoms with E-state index in [-0.39, 0.29) is 46.9 Å². The minimum absolute atomic E-state index is 0.0948. The number of carbonyl (C=O) groups is 4. The van der Waals surface area contributed by atoms with Crippen LogP contribution in [0.2, 0.25) is 5.02 Å². The Bertz CT molecular complexity index is 2290. The van der Waals surface area contributed by atoms with Crippen molar-refractivity contribution in [3.63, 3.8) is 0 Å². The van der Waals surface area contributed by atoms with Crippen molar-refractivity contribution in [2.45, 2.75) is 127 Å². The number of unbranched alkanes of at least 4 members (excludes halogenated alkanes) is 2. The van der Waals surface area contributed by atoms with Gasteiger partial charge in [0.25, 0.3) is 5.91 Å². The molecule has 8 rings (SSSR count). The van der Waals surface area contributed by atoms with Crippen LogP contribution in [0.15, 0.2) is 67.1 Å². The average Bonchev–Trinajstić information content (AvgIpc) is 3.91. The van der Waals surface area contributed by atoms with Crippen LogP contribution < -0.4 is 26.6 Å². The molecule has 2 saturated carbocycles. The number of hydrogen-bond donors (Lipinski definition) is 5. The van der Waals surface area contributed by atoms with Crippen molar-refractivity contribution in [2.24, 2.45) is 17.1 Å². The van der Waals surface area contributed by atoms with Gasteiger partial charge in [0.15, 0.2) is 0 Å². The van der Waals surface area contributed by atoms with Crippen LogP contribution in [0, 0.1) is 11.3 Å². The highest BCUT2D eigenvalue weighted by Crippen LogP contribution is 2.47. The molecule has 2 saturated heterocycles. The first-order chi connectivity index (χ1) is 32.0. The Morgan fingerprint density at radius 2 is 1.68 bits per heavy atom. The van der Waals surface area contributed by atoms with Crippen LogP contribution in [0.25, 0.3) is 11.0 Å². The summed E-state index contributed by atoms with van der Waals surface area (Å²) in [6.07, 6.45) is 16.4. The first-order valence-corrected chi connectivity index (χ1v) is 24.8. The van der Waals surface area contributed by atoms with Crippen molar-refractivity contribution in [3.8, 4) is 0 Å². The zero-order chi connectivity index (χ0) is 46.1. The molecular formula is C51H68ClN9O5. The highest BCUT2D eigenvalue weighted by atomic mass is 35.5. The quantitative estimate of drug-likeness (QED) is 0.0600. The second kappa shape index (κ2) is 21.7. The maximum atomic E-state index is 13.8. The molecule has 6 N–H and O–H groups in total. The Kier molecular flexibility index (Phi) is 15.6. The van der Waals surface area contributed by atoms with Gasteiger partial charge < -0.3 is 41.2 Å². The number of likely N-dealkylation sites (tertiary alicyclic amines) is 1. The lowest BCUT2D eigenvalue weighted by molar-refractivity contribution is -0.137. The van der Waals surface area contributed by atoms with E-state index < -0.39 is 11.6 Å². The van der Waals surface area contributed by atoms with Gasteiger partial charge in [-0.2, -0.15) is 0 Å².